The topological polar surface area (TPSA) is 26.5 Å². The molecule has 2 rings (SSSR count). The summed E-state index contributed by atoms with van der Waals surface area (Å²) in [5.74, 6) is 0.455. The number of aliphatic hydroxyl groups excluding tert-OH is 1. The Labute approximate surface area is 155 Å². The molecule has 158 valence electrons. The molecule has 1 heterocycles. The van der Waals surface area contributed by atoms with E-state index in [9.17, 15) is 30.3 Å². The van der Waals surface area contributed by atoms with Crippen molar-refractivity contribution in [2.24, 2.45) is 5.92 Å². The fourth-order valence-electron chi connectivity index (χ4n) is 3.26. The number of hydrogen-bond acceptors (Lipinski definition) is 2. The first-order chi connectivity index (χ1) is 11.9. The van der Waals surface area contributed by atoms with Gasteiger partial charge in [0.25, 0.3) is 0 Å². The van der Waals surface area contributed by atoms with E-state index >= 15 is 0 Å². The van der Waals surface area contributed by atoms with Crippen molar-refractivity contribution < 1.29 is 34.9 Å². The van der Waals surface area contributed by atoms with Gasteiger partial charge in [-0.15, -0.1) is 0 Å². The van der Waals surface area contributed by atoms with Crippen LogP contribution in [0.3, 0.4) is 0 Å². The minimum absolute atomic E-state index is 0.214. The summed E-state index contributed by atoms with van der Waals surface area (Å²) in [5.41, 5.74) is 5.28. The van der Waals surface area contributed by atoms with E-state index in [2.05, 4.69) is 62.6 Å². The molecule has 1 aliphatic heterocycles. The number of aliphatic hydroxyl groups is 1. The van der Waals surface area contributed by atoms with E-state index in [1.165, 1.54) is 22.4 Å². The Kier molecular flexibility index (Phi) is 6.36. The van der Waals surface area contributed by atoms with Gasteiger partial charge in [0, 0.05) is 0 Å². The van der Waals surface area contributed by atoms with Gasteiger partial charge in [0.05, 0.1) is 6.61 Å². The average molecular weight is 420 g/mol. The predicted octanol–water partition coefficient (Wildman–Crippen LogP) is 5.87. The third-order valence-electron chi connectivity index (χ3n) is 4.19. The van der Waals surface area contributed by atoms with Crippen LogP contribution in [0.25, 0.3) is 0 Å². The second kappa shape index (κ2) is 7.24. The van der Waals surface area contributed by atoms with Crippen molar-refractivity contribution in [1.82, 2.24) is 0 Å². The van der Waals surface area contributed by atoms with Gasteiger partial charge < -0.3 is 5.11 Å². The summed E-state index contributed by atoms with van der Waals surface area (Å²) >= 11 is 0. The van der Waals surface area contributed by atoms with Gasteiger partial charge in [0.1, 0.15) is 24.8 Å². The maximum atomic E-state index is 9.87. The molecule has 0 spiro atoms. The van der Waals surface area contributed by atoms with Crippen molar-refractivity contribution in [2.75, 3.05) is 24.6 Å². The molecule has 0 unspecified atom stereocenters. The molecule has 0 amide bonds. The molecular formula is C17H27F6N2OP. The van der Waals surface area contributed by atoms with E-state index in [1.807, 2.05) is 0 Å². The SMILES string of the molecule is Cc1cc(C)c(N2C=[N+]([C@@H](CO)C(C)C)CC2)c(C)c1.F[P-](F)(F)(F)(F)F. The van der Waals surface area contributed by atoms with Crippen LogP contribution in [0.1, 0.15) is 30.5 Å². The quantitative estimate of drug-likeness (QED) is 0.375. The van der Waals surface area contributed by atoms with Crippen LogP contribution in [0.15, 0.2) is 12.1 Å². The summed E-state index contributed by atoms with van der Waals surface area (Å²) in [6.07, 6.45) is 2.19. The van der Waals surface area contributed by atoms with Crippen molar-refractivity contribution in [3.05, 3.63) is 28.8 Å². The Hall–Kier alpha value is -1.34. The molecular weight excluding hydrogens is 393 g/mol. The van der Waals surface area contributed by atoms with E-state index in [0.717, 1.165) is 13.1 Å². The van der Waals surface area contributed by atoms with Gasteiger partial charge >= 0.3 is 33.0 Å². The van der Waals surface area contributed by atoms with Crippen molar-refractivity contribution in [1.29, 1.82) is 0 Å². The van der Waals surface area contributed by atoms with Crippen LogP contribution >= 0.6 is 7.81 Å². The second-order valence-corrected chi connectivity index (χ2v) is 9.16. The summed E-state index contributed by atoms with van der Waals surface area (Å²) in [6, 6.07) is 4.70. The van der Waals surface area contributed by atoms with Crippen LogP contribution in [0, 0.1) is 26.7 Å². The van der Waals surface area contributed by atoms with Crippen molar-refractivity contribution in [3.63, 3.8) is 0 Å². The first-order valence-corrected chi connectivity index (χ1v) is 10.5. The Morgan fingerprint density at radius 3 is 1.85 bits per heavy atom. The molecule has 1 N–H and O–H groups in total. The summed E-state index contributed by atoms with van der Waals surface area (Å²) < 4.78 is 61.5. The normalized spacial score (nSPS) is 18.4. The molecule has 10 heteroatoms. The van der Waals surface area contributed by atoms with E-state index in [-0.39, 0.29) is 12.6 Å². The van der Waals surface area contributed by atoms with Gasteiger partial charge in [-0.2, -0.15) is 0 Å². The predicted molar refractivity (Wildman–Crippen MR) is 98.5 cm³/mol. The van der Waals surface area contributed by atoms with Crippen molar-refractivity contribution in [3.8, 4) is 0 Å². The number of rotatable bonds is 4. The zero-order valence-corrected chi connectivity index (χ0v) is 17.0. The zero-order chi connectivity index (χ0) is 21.3. The van der Waals surface area contributed by atoms with Crippen LogP contribution in [0.5, 0.6) is 0 Å². The zero-order valence-electron chi connectivity index (χ0n) is 16.1. The number of benzene rings is 1. The molecule has 1 aromatic rings. The number of halogens is 6. The van der Waals surface area contributed by atoms with Gasteiger partial charge in [-0.25, -0.2) is 4.90 Å². The number of anilines is 1. The van der Waals surface area contributed by atoms with Gasteiger partial charge in [-0.05, 0) is 37.8 Å². The summed E-state index contributed by atoms with van der Waals surface area (Å²) in [5, 5.41) is 9.58. The van der Waals surface area contributed by atoms with Crippen molar-refractivity contribution >= 4 is 19.8 Å². The van der Waals surface area contributed by atoms with E-state index in [0.29, 0.717) is 5.92 Å². The number of aryl methyl sites for hydroxylation is 3. The van der Waals surface area contributed by atoms with E-state index < -0.39 is 7.81 Å². The summed E-state index contributed by atoms with van der Waals surface area (Å²) in [6.45, 7) is 13.0. The Morgan fingerprint density at radius 1 is 1.04 bits per heavy atom. The molecule has 27 heavy (non-hydrogen) atoms. The van der Waals surface area contributed by atoms with Gasteiger partial charge in [0.2, 0.25) is 6.34 Å². The first-order valence-electron chi connectivity index (χ1n) is 8.51. The fraction of sp³-hybridized carbons (Fsp3) is 0.588. The molecule has 1 atom stereocenters. The van der Waals surface area contributed by atoms with E-state index in [1.54, 1.807) is 0 Å². The molecule has 0 saturated carbocycles. The molecule has 1 aromatic carbocycles. The fourth-order valence-corrected chi connectivity index (χ4v) is 3.26. The van der Waals surface area contributed by atoms with Crippen LogP contribution in [0.2, 0.25) is 0 Å². The minimum atomic E-state index is -10.7. The molecule has 0 saturated heterocycles. The summed E-state index contributed by atoms with van der Waals surface area (Å²) in [7, 11) is -10.7. The molecule has 0 fully saturated rings. The molecule has 3 nitrogen and oxygen atoms in total. The van der Waals surface area contributed by atoms with Crippen LogP contribution in [0.4, 0.5) is 30.9 Å². The van der Waals surface area contributed by atoms with Crippen LogP contribution < -0.4 is 4.90 Å². The maximum absolute atomic E-state index is 10.7. The monoisotopic (exact) mass is 420 g/mol. The molecule has 0 aromatic heterocycles. The van der Waals surface area contributed by atoms with Gasteiger partial charge in [-0.3, -0.25) is 4.58 Å². The molecule has 1 aliphatic rings. The van der Waals surface area contributed by atoms with E-state index in [4.69, 9.17) is 0 Å². The molecule has 0 radical (unpaired) electrons. The van der Waals surface area contributed by atoms with Gasteiger partial charge in [-0.1, -0.05) is 31.5 Å². The second-order valence-electron chi connectivity index (χ2n) is 7.25. The van der Waals surface area contributed by atoms with Crippen LogP contribution in [-0.4, -0.2) is 41.8 Å². The third kappa shape index (κ3) is 8.93. The Bertz CT molecular complexity index is 681. The standard InChI is InChI=1S/C17H27N2O.F6P/c1-12(2)16(10-20)18-6-7-19(11-18)17-14(4)8-13(3)9-15(17)5;1-7(2,3,4,5)6/h8-9,11-12,16,20H,6-7,10H2,1-5H3;/q+1;-1/t16-;/m0./s1. The molecule has 0 aliphatic carbocycles. The average Bonchev–Trinajstić information content (AvgIpc) is 2.83. The number of nitrogens with zero attached hydrogens (tertiary/aromatic N) is 2. The van der Waals surface area contributed by atoms with Gasteiger partial charge in [0.15, 0.2) is 0 Å². The van der Waals surface area contributed by atoms with Crippen molar-refractivity contribution in [2.45, 2.75) is 40.7 Å². The molecule has 0 bridgehead atoms. The summed E-state index contributed by atoms with van der Waals surface area (Å²) in [4.78, 5) is 2.33. The first kappa shape index (κ1) is 23.7. The third-order valence-corrected chi connectivity index (χ3v) is 4.19. The Morgan fingerprint density at radius 2 is 1.48 bits per heavy atom. The van der Waals surface area contributed by atoms with Crippen LogP contribution in [-0.2, 0) is 0 Å². The Balaban J connectivity index is 0.000000445. The number of hydrogen-bond donors (Lipinski definition) is 1.